The van der Waals surface area contributed by atoms with Gasteiger partial charge in [-0.25, -0.2) is 4.57 Å². The van der Waals surface area contributed by atoms with Gasteiger partial charge in [0.15, 0.2) is 0 Å². The molecule has 498 valence electrons. The molecule has 0 rings (SSSR count). The van der Waals surface area contributed by atoms with Crippen LogP contribution in [0.25, 0.3) is 0 Å². The van der Waals surface area contributed by atoms with E-state index in [-0.39, 0.29) is 19.1 Å². The Morgan fingerprint density at radius 1 is 0.402 bits per heavy atom. The lowest BCUT2D eigenvalue weighted by Crippen LogP contribution is -2.45. The largest absolute Gasteiger partial charge is 0.472 e. The first kappa shape index (κ1) is 83.4. The fourth-order valence-electron chi connectivity index (χ4n) is 9.79. The molecule has 9 heteroatoms. The van der Waals surface area contributed by atoms with Crippen LogP contribution >= 0.6 is 7.82 Å². The van der Waals surface area contributed by atoms with Crippen LogP contribution in [0, 0.1) is 0 Å². The molecule has 0 aromatic carbocycles. The van der Waals surface area contributed by atoms with Gasteiger partial charge in [0.05, 0.1) is 39.9 Å². The van der Waals surface area contributed by atoms with Crippen molar-refractivity contribution in [2.45, 2.75) is 302 Å². The molecule has 0 spiro atoms. The normalized spacial score (nSPS) is 14.5. The minimum absolute atomic E-state index is 0.0492. The molecule has 0 aliphatic carbocycles. The number of unbranched alkanes of at least 4 members (excludes halogenated alkanes) is 29. The summed E-state index contributed by atoms with van der Waals surface area (Å²) in [5, 5.41) is 14.0. The summed E-state index contributed by atoms with van der Waals surface area (Å²) in [6, 6.07) is -0.877. The van der Waals surface area contributed by atoms with Crippen molar-refractivity contribution in [1.82, 2.24) is 5.32 Å². The zero-order valence-corrected chi connectivity index (χ0v) is 57.9. The van der Waals surface area contributed by atoms with E-state index in [0.29, 0.717) is 17.4 Å². The van der Waals surface area contributed by atoms with Gasteiger partial charge in [-0.3, -0.25) is 13.8 Å². The van der Waals surface area contributed by atoms with Gasteiger partial charge in [-0.2, -0.15) is 0 Å². The highest BCUT2D eigenvalue weighted by Crippen LogP contribution is 2.43. The van der Waals surface area contributed by atoms with Crippen LogP contribution in [0.5, 0.6) is 0 Å². The van der Waals surface area contributed by atoms with Crippen LogP contribution in [0.1, 0.15) is 290 Å². The lowest BCUT2D eigenvalue weighted by molar-refractivity contribution is -0.870. The second-order valence-corrected chi connectivity index (χ2v) is 26.3. The van der Waals surface area contributed by atoms with E-state index in [0.717, 1.165) is 109 Å². The van der Waals surface area contributed by atoms with Gasteiger partial charge in [-0.15, -0.1) is 0 Å². The van der Waals surface area contributed by atoms with Crippen molar-refractivity contribution in [3.05, 3.63) is 146 Å². The molecule has 0 aliphatic heterocycles. The summed E-state index contributed by atoms with van der Waals surface area (Å²) in [4.78, 5) is 23.4. The number of hydrogen-bond donors (Lipinski definition) is 3. The van der Waals surface area contributed by atoms with Crippen molar-refractivity contribution in [3.8, 4) is 0 Å². The summed E-state index contributed by atoms with van der Waals surface area (Å²) in [6.07, 6.45) is 103. The van der Waals surface area contributed by atoms with Gasteiger partial charge < -0.3 is 19.8 Å². The van der Waals surface area contributed by atoms with Crippen LogP contribution in [0.4, 0.5) is 0 Å². The van der Waals surface area contributed by atoms with Gasteiger partial charge in [0.1, 0.15) is 13.2 Å². The summed E-state index contributed by atoms with van der Waals surface area (Å²) >= 11 is 0. The first-order chi connectivity index (χ1) is 42.5. The van der Waals surface area contributed by atoms with E-state index in [1.807, 2.05) is 27.2 Å². The molecular weight excluding hydrogens is 1090 g/mol. The quantitative estimate of drug-likeness (QED) is 0.0243. The van der Waals surface area contributed by atoms with E-state index in [1.165, 1.54) is 161 Å². The molecule has 0 aromatic heterocycles. The van der Waals surface area contributed by atoms with Crippen LogP contribution in [0.2, 0.25) is 0 Å². The molecule has 3 atom stereocenters. The Hall–Kier alpha value is -3.62. The number of likely N-dealkylation sites (N-methyl/N-ethyl adjacent to an activating group) is 1. The molecule has 0 bridgehead atoms. The van der Waals surface area contributed by atoms with Crippen LogP contribution in [0.3, 0.4) is 0 Å². The first-order valence-electron chi connectivity index (χ1n) is 35.7. The van der Waals surface area contributed by atoms with Crippen LogP contribution in [0.15, 0.2) is 146 Å². The number of allylic oxidation sites excluding steroid dienone is 23. The molecule has 0 aromatic rings. The maximum absolute atomic E-state index is 13.1. The Kier molecular flexibility index (Phi) is 64.0. The van der Waals surface area contributed by atoms with E-state index in [4.69, 9.17) is 9.05 Å². The van der Waals surface area contributed by atoms with E-state index < -0.39 is 20.0 Å². The number of phosphoric acid groups is 1. The Balaban J connectivity index is 4.14. The van der Waals surface area contributed by atoms with Crippen molar-refractivity contribution in [2.75, 3.05) is 40.9 Å². The predicted octanol–water partition coefficient (Wildman–Crippen LogP) is 23.2. The SMILES string of the molecule is CC/C=C\C/C=C\C/C=C\C/C=C\C/C=C\C/C=C\C/C=C\C/C=C\C/C=C\C/C=C\CCCCCCCCCCCCC(=O)NC(COP(=O)(O)OCC[N+](C)(C)C)C(O)/C=C/CC/C=C/CCCCCCCCCCCCCCCCCCCC. The van der Waals surface area contributed by atoms with Gasteiger partial charge in [0.25, 0.3) is 0 Å². The Morgan fingerprint density at radius 2 is 0.701 bits per heavy atom. The Bertz CT molecular complexity index is 1930. The number of rotatable bonds is 64. The molecule has 3 N–H and O–H groups in total. The Morgan fingerprint density at radius 3 is 1.06 bits per heavy atom. The number of phosphoric ester groups is 1. The van der Waals surface area contributed by atoms with Crippen molar-refractivity contribution in [3.63, 3.8) is 0 Å². The zero-order valence-electron chi connectivity index (χ0n) is 57.0. The smallest absolute Gasteiger partial charge is 0.387 e. The van der Waals surface area contributed by atoms with Gasteiger partial charge in [0, 0.05) is 6.42 Å². The highest BCUT2D eigenvalue weighted by atomic mass is 31.2. The molecule has 1 amide bonds. The number of aliphatic hydroxyl groups excluding tert-OH is 1. The average molecular weight is 1230 g/mol. The zero-order chi connectivity index (χ0) is 63.4. The highest BCUT2D eigenvalue weighted by molar-refractivity contribution is 7.47. The third-order valence-electron chi connectivity index (χ3n) is 15.3. The number of hydrogen-bond acceptors (Lipinski definition) is 5. The highest BCUT2D eigenvalue weighted by Gasteiger charge is 2.28. The maximum atomic E-state index is 13.1. The monoisotopic (exact) mass is 1230 g/mol. The minimum atomic E-state index is -4.37. The standard InChI is InChI=1S/C78H135N2O6P/c1-6-8-10-12-14-16-18-20-22-24-26-28-30-32-33-34-35-36-37-38-39-40-41-42-43-44-45-46-47-48-50-52-54-56-58-60-62-64-66-68-70-72-78(82)79-76(75-86-87(83,84)85-74-73-80(3,4)5)77(81)71-69-67-65-63-61-59-57-55-53-51-49-31-29-27-25-23-21-19-17-15-13-11-9-7-2/h8,10,14,16,20,22,26,28,32-33,35-36,38-39,41-42,44-45,47-48,61,63,69,71,76-77,81H,6-7,9,11-13,15,17-19,21,23-25,27,29-31,34,37,40,43,46,49-60,62,64-68,70,72-75H2,1-5H3,(H-,79,82,83,84)/p+1/b10-8-,16-14-,22-20-,28-26-,33-32-,36-35-,39-38-,42-41-,45-44-,48-47-,63-61+,71-69+. The number of quaternary nitrogens is 1. The summed E-state index contributed by atoms with van der Waals surface area (Å²) in [5.74, 6) is -0.195. The number of aliphatic hydroxyl groups is 1. The minimum Gasteiger partial charge on any atom is -0.387 e. The molecule has 0 saturated heterocycles. The maximum Gasteiger partial charge on any atom is 0.472 e. The van der Waals surface area contributed by atoms with Crippen LogP contribution in [-0.4, -0.2) is 73.4 Å². The average Bonchev–Trinajstić information content (AvgIpc) is 3.71. The molecule has 0 heterocycles. The molecule has 8 nitrogen and oxygen atoms in total. The van der Waals surface area contributed by atoms with E-state index in [9.17, 15) is 19.4 Å². The predicted molar refractivity (Wildman–Crippen MR) is 382 cm³/mol. The van der Waals surface area contributed by atoms with E-state index in [2.05, 4.69) is 153 Å². The molecule has 0 fully saturated rings. The number of carbonyl (C=O) groups excluding carboxylic acids is 1. The van der Waals surface area contributed by atoms with Crippen molar-refractivity contribution in [2.24, 2.45) is 0 Å². The van der Waals surface area contributed by atoms with Crippen molar-refractivity contribution in [1.29, 1.82) is 0 Å². The molecule has 0 saturated carbocycles. The summed E-state index contributed by atoms with van der Waals surface area (Å²) in [6.45, 7) is 4.69. The lowest BCUT2D eigenvalue weighted by Gasteiger charge is -2.25. The Labute approximate surface area is 538 Å². The third kappa shape index (κ3) is 69.7. The number of carbonyl (C=O) groups is 1. The van der Waals surface area contributed by atoms with E-state index >= 15 is 0 Å². The summed E-state index contributed by atoms with van der Waals surface area (Å²) < 4.78 is 23.8. The molecule has 0 aliphatic rings. The summed E-state index contributed by atoms with van der Waals surface area (Å²) in [5.41, 5.74) is 0. The number of nitrogens with zero attached hydrogens (tertiary/aromatic N) is 1. The van der Waals surface area contributed by atoms with Gasteiger partial charge in [-0.05, 0) is 109 Å². The second-order valence-electron chi connectivity index (χ2n) is 24.9. The van der Waals surface area contributed by atoms with Crippen LogP contribution < -0.4 is 5.32 Å². The fourth-order valence-corrected chi connectivity index (χ4v) is 10.5. The molecule has 0 radical (unpaired) electrons. The molecular formula is C78H136N2O6P+. The lowest BCUT2D eigenvalue weighted by atomic mass is 10.0. The molecule has 87 heavy (non-hydrogen) atoms. The topological polar surface area (TPSA) is 105 Å². The van der Waals surface area contributed by atoms with Crippen molar-refractivity contribution < 1.29 is 32.9 Å². The third-order valence-corrected chi connectivity index (χ3v) is 16.3. The summed E-state index contributed by atoms with van der Waals surface area (Å²) in [7, 11) is 1.54. The van der Waals surface area contributed by atoms with Gasteiger partial charge >= 0.3 is 7.82 Å². The van der Waals surface area contributed by atoms with Crippen molar-refractivity contribution >= 4 is 13.7 Å². The first-order valence-corrected chi connectivity index (χ1v) is 37.2. The second kappa shape index (κ2) is 66.8. The number of amides is 1. The fraction of sp³-hybridized carbons (Fsp3) is 0.679. The van der Waals surface area contributed by atoms with Gasteiger partial charge in [0.2, 0.25) is 5.91 Å². The number of nitrogens with one attached hydrogen (secondary N) is 1. The van der Waals surface area contributed by atoms with Crippen LogP contribution in [-0.2, 0) is 18.4 Å². The molecule has 3 unspecified atom stereocenters. The van der Waals surface area contributed by atoms with E-state index in [1.54, 1.807) is 6.08 Å². The van der Waals surface area contributed by atoms with Gasteiger partial charge in [-0.1, -0.05) is 320 Å².